The first-order chi connectivity index (χ1) is 11.0. The van der Waals surface area contributed by atoms with E-state index in [0.29, 0.717) is 6.54 Å². The highest BCUT2D eigenvalue weighted by Crippen LogP contribution is 2.17. The molecule has 0 bridgehead atoms. The summed E-state index contributed by atoms with van der Waals surface area (Å²) in [6, 6.07) is 6.47. The molecule has 0 unspecified atom stereocenters. The second-order valence-electron chi connectivity index (χ2n) is 5.16. The van der Waals surface area contributed by atoms with Crippen molar-refractivity contribution in [3.63, 3.8) is 0 Å². The molecule has 2 aromatic rings. The number of aryl methyl sites for hydroxylation is 1. The van der Waals surface area contributed by atoms with Crippen LogP contribution in [0.3, 0.4) is 0 Å². The first-order valence-electron chi connectivity index (χ1n) is 7.10. The standard InChI is InChI=1S/C14H17N3O5S/c1-11-2-4-13(5-3-11)23(18,19)21-10-12-9-20-14(22-12)8-17-15-6-7-16-17/h2-7,12,14H,8-10H2,1H3/t12-,14-/m0/s1. The third-order valence-electron chi connectivity index (χ3n) is 3.31. The van der Waals surface area contributed by atoms with Gasteiger partial charge in [-0.3, -0.25) is 4.18 Å². The Labute approximate surface area is 134 Å². The average Bonchev–Trinajstić information content (AvgIpc) is 3.18. The molecule has 1 aliphatic heterocycles. The normalized spacial score (nSPS) is 21.6. The molecule has 1 aliphatic rings. The maximum atomic E-state index is 12.1. The summed E-state index contributed by atoms with van der Waals surface area (Å²) in [7, 11) is -3.80. The van der Waals surface area contributed by atoms with Crippen molar-refractivity contribution >= 4 is 10.1 Å². The number of nitrogens with zero attached hydrogens (tertiary/aromatic N) is 3. The Kier molecular flexibility index (Phi) is 4.71. The highest BCUT2D eigenvalue weighted by molar-refractivity contribution is 7.86. The fourth-order valence-corrected chi connectivity index (χ4v) is 3.04. The second-order valence-corrected chi connectivity index (χ2v) is 6.77. The van der Waals surface area contributed by atoms with E-state index in [1.54, 1.807) is 24.5 Å². The van der Waals surface area contributed by atoms with Crippen LogP contribution >= 0.6 is 0 Å². The van der Waals surface area contributed by atoms with Gasteiger partial charge in [0.1, 0.15) is 12.6 Å². The number of hydrogen-bond acceptors (Lipinski definition) is 7. The van der Waals surface area contributed by atoms with Gasteiger partial charge in [0.2, 0.25) is 0 Å². The summed E-state index contributed by atoms with van der Waals surface area (Å²) in [5.74, 6) is 0. The quantitative estimate of drug-likeness (QED) is 0.716. The highest BCUT2D eigenvalue weighted by Gasteiger charge is 2.29. The molecule has 124 valence electrons. The summed E-state index contributed by atoms with van der Waals surface area (Å²) in [5.41, 5.74) is 0.978. The minimum absolute atomic E-state index is 0.0980. The summed E-state index contributed by atoms with van der Waals surface area (Å²) >= 11 is 0. The van der Waals surface area contributed by atoms with E-state index in [-0.39, 0.29) is 18.1 Å². The van der Waals surface area contributed by atoms with Crippen molar-refractivity contribution in [1.82, 2.24) is 15.0 Å². The van der Waals surface area contributed by atoms with Gasteiger partial charge in [-0.25, -0.2) is 0 Å². The summed E-state index contributed by atoms with van der Waals surface area (Å²) in [5, 5.41) is 7.91. The molecular weight excluding hydrogens is 322 g/mol. The third kappa shape index (κ3) is 4.14. The molecule has 0 aliphatic carbocycles. The van der Waals surface area contributed by atoms with Crippen LogP contribution in [0.25, 0.3) is 0 Å². The van der Waals surface area contributed by atoms with E-state index in [1.165, 1.54) is 16.9 Å². The zero-order valence-electron chi connectivity index (χ0n) is 12.5. The molecule has 0 amide bonds. The minimum Gasteiger partial charge on any atom is -0.348 e. The zero-order valence-corrected chi connectivity index (χ0v) is 13.3. The Bertz CT molecular complexity index is 730. The molecule has 0 radical (unpaired) electrons. The van der Waals surface area contributed by atoms with Crippen molar-refractivity contribution in [1.29, 1.82) is 0 Å². The van der Waals surface area contributed by atoms with Crippen molar-refractivity contribution in [3.05, 3.63) is 42.2 Å². The van der Waals surface area contributed by atoms with Crippen LogP contribution in [0, 0.1) is 6.92 Å². The summed E-state index contributed by atoms with van der Waals surface area (Å²) in [6.45, 7) is 2.39. The fraction of sp³-hybridized carbons (Fsp3) is 0.429. The van der Waals surface area contributed by atoms with Crippen LogP contribution < -0.4 is 0 Å². The van der Waals surface area contributed by atoms with Gasteiger partial charge in [0.25, 0.3) is 10.1 Å². The first kappa shape index (κ1) is 16.1. The number of hydrogen-bond donors (Lipinski definition) is 0. The number of rotatable bonds is 6. The minimum atomic E-state index is -3.80. The van der Waals surface area contributed by atoms with Gasteiger partial charge in [0.15, 0.2) is 6.29 Å². The van der Waals surface area contributed by atoms with Crippen molar-refractivity contribution in [2.45, 2.75) is 30.8 Å². The van der Waals surface area contributed by atoms with E-state index in [1.807, 2.05) is 6.92 Å². The monoisotopic (exact) mass is 339 g/mol. The predicted octanol–water partition coefficient (Wildman–Crippen LogP) is 0.734. The van der Waals surface area contributed by atoms with E-state index >= 15 is 0 Å². The van der Waals surface area contributed by atoms with Crippen LogP contribution in [0.5, 0.6) is 0 Å². The van der Waals surface area contributed by atoms with Gasteiger partial charge in [-0.15, -0.1) is 0 Å². The van der Waals surface area contributed by atoms with E-state index < -0.39 is 22.5 Å². The summed E-state index contributed by atoms with van der Waals surface area (Å²) in [4.78, 5) is 1.57. The van der Waals surface area contributed by atoms with Gasteiger partial charge >= 0.3 is 0 Å². The molecule has 8 nitrogen and oxygen atoms in total. The summed E-state index contributed by atoms with van der Waals surface area (Å²) < 4.78 is 40.2. The lowest BCUT2D eigenvalue weighted by Crippen LogP contribution is -2.23. The SMILES string of the molecule is Cc1ccc(S(=O)(=O)OC[C@@H]2CO[C@H](Cn3nccn3)O2)cc1. The van der Waals surface area contributed by atoms with Crippen molar-refractivity contribution < 1.29 is 22.1 Å². The molecule has 3 rings (SSSR count). The largest absolute Gasteiger partial charge is 0.348 e. The average molecular weight is 339 g/mol. The van der Waals surface area contributed by atoms with Crippen LogP contribution in [0.4, 0.5) is 0 Å². The first-order valence-corrected chi connectivity index (χ1v) is 8.51. The predicted molar refractivity (Wildman–Crippen MR) is 79.0 cm³/mol. The van der Waals surface area contributed by atoms with Gasteiger partial charge in [-0.2, -0.15) is 23.4 Å². The lowest BCUT2D eigenvalue weighted by molar-refractivity contribution is -0.0763. The van der Waals surface area contributed by atoms with Gasteiger partial charge in [-0.05, 0) is 19.1 Å². The van der Waals surface area contributed by atoms with Gasteiger partial charge in [0.05, 0.1) is 30.5 Å². The van der Waals surface area contributed by atoms with E-state index in [9.17, 15) is 8.42 Å². The fourth-order valence-electron chi connectivity index (χ4n) is 2.10. The Morgan fingerprint density at radius 3 is 2.65 bits per heavy atom. The molecule has 0 spiro atoms. The lowest BCUT2D eigenvalue weighted by atomic mass is 10.2. The Morgan fingerprint density at radius 2 is 1.96 bits per heavy atom. The molecule has 23 heavy (non-hydrogen) atoms. The van der Waals surface area contributed by atoms with Gasteiger partial charge in [-0.1, -0.05) is 17.7 Å². The Balaban J connectivity index is 1.51. The number of ether oxygens (including phenoxy) is 2. The molecular formula is C14H17N3O5S. The smallest absolute Gasteiger partial charge is 0.297 e. The molecule has 9 heteroatoms. The number of benzene rings is 1. The number of aromatic nitrogens is 3. The maximum absolute atomic E-state index is 12.1. The van der Waals surface area contributed by atoms with Crippen LogP contribution in [0.2, 0.25) is 0 Å². The third-order valence-corrected chi connectivity index (χ3v) is 4.61. The van der Waals surface area contributed by atoms with Crippen LogP contribution in [0.1, 0.15) is 5.56 Å². The molecule has 1 aromatic heterocycles. The molecule has 0 N–H and O–H groups in total. The topological polar surface area (TPSA) is 92.5 Å². The molecule has 2 atom stereocenters. The second kappa shape index (κ2) is 6.75. The van der Waals surface area contributed by atoms with Crippen LogP contribution in [0.15, 0.2) is 41.6 Å². The zero-order chi connectivity index (χ0) is 16.3. The Morgan fingerprint density at radius 1 is 1.26 bits per heavy atom. The van der Waals surface area contributed by atoms with E-state index in [4.69, 9.17) is 13.7 Å². The van der Waals surface area contributed by atoms with Gasteiger partial charge in [0, 0.05) is 0 Å². The van der Waals surface area contributed by atoms with Crippen molar-refractivity contribution in [2.24, 2.45) is 0 Å². The van der Waals surface area contributed by atoms with E-state index in [2.05, 4.69) is 10.2 Å². The molecule has 1 saturated heterocycles. The van der Waals surface area contributed by atoms with Gasteiger partial charge < -0.3 is 9.47 Å². The van der Waals surface area contributed by atoms with E-state index in [0.717, 1.165) is 5.56 Å². The lowest BCUT2D eigenvalue weighted by Gasteiger charge is -2.11. The van der Waals surface area contributed by atoms with Crippen LogP contribution in [-0.2, 0) is 30.3 Å². The van der Waals surface area contributed by atoms with Crippen LogP contribution in [-0.4, -0.2) is 49.0 Å². The van der Waals surface area contributed by atoms with Crippen molar-refractivity contribution in [3.8, 4) is 0 Å². The molecule has 1 fully saturated rings. The van der Waals surface area contributed by atoms with Crippen molar-refractivity contribution in [2.75, 3.05) is 13.2 Å². The molecule has 1 aromatic carbocycles. The Hall–Kier alpha value is -1.81. The molecule has 2 heterocycles. The maximum Gasteiger partial charge on any atom is 0.297 e. The highest BCUT2D eigenvalue weighted by atomic mass is 32.2. The molecule has 0 saturated carbocycles. The summed E-state index contributed by atoms with van der Waals surface area (Å²) in [6.07, 6.45) is 2.15.